The van der Waals surface area contributed by atoms with Crippen molar-refractivity contribution in [2.75, 3.05) is 26.2 Å². The summed E-state index contributed by atoms with van der Waals surface area (Å²) in [6.45, 7) is 5.41. The number of carbonyl (C=O) groups is 2. The van der Waals surface area contributed by atoms with Crippen molar-refractivity contribution in [2.45, 2.75) is 51.0 Å². The zero-order valence-electron chi connectivity index (χ0n) is 16.7. The third-order valence-electron chi connectivity index (χ3n) is 6.47. The Balaban J connectivity index is 0.00000225. The molecule has 2 N–H and O–H groups in total. The molecular formula is C22H32ClN3O2. The van der Waals surface area contributed by atoms with Crippen LogP contribution in [-0.4, -0.2) is 48.9 Å². The van der Waals surface area contributed by atoms with E-state index in [1.54, 1.807) is 0 Å². The fraction of sp³-hybridized carbons (Fsp3) is 0.636. The largest absolute Gasteiger partial charge is 0.354 e. The molecule has 2 aliphatic heterocycles. The number of likely N-dealkylation sites (tertiary alicyclic amines) is 1. The second-order valence-electron chi connectivity index (χ2n) is 8.49. The number of hydrogen-bond acceptors (Lipinski definition) is 3. The molecule has 1 aromatic carbocycles. The van der Waals surface area contributed by atoms with Gasteiger partial charge in [-0.15, -0.1) is 12.4 Å². The first-order chi connectivity index (χ1) is 13.1. The van der Waals surface area contributed by atoms with Crippen LogP contribution in [0, 0.1) is 18.8 Å². The van der Waals surface area contributed by atoms with Crippen molar-refractivity contribution in [1.82, 2.24) is 15.5 Å². The first-order valence-corrected chi connectivity index (χ1v) is 10.5. The summed E-state index contributed by atoms with van der Waals surface area (Å²) in [5.74, 6) is 1.37. The molecule has 6 heteroatoms. The van der Waals surface area contributed by atoms with Crippen molar-refractivity contribution < 1.29 is 9.59 Å². The van der Waals surface area contributed by atoms with Crippen LogP contribution in [0.4, 0.5) is 0 Å². The number of halogens is 1. The van der Waals surface area contributed by atoms with E-state index < -0.39 is 0 Å². The molecule has 1 aliphatic carbocycles. The molecule has 3 aliphatic rings. The zero-order valence-corrected chi connectivity index (χ0v) is 17.5. The standard InChI is InChI=1S/C22H31N3O2.ClH/c1-15-6-2-3-8-17(15)18-12-19(18)22(27)25-11-5-7-16(14-25)13-24-21(26)20-9-4-10-23-20;/h2-3,6,8,16,18-20,23H,4-5,7,9-14H2,1H3,(H,24,26);1H. The van der Waals surface area contributed by atoms with Crippen molar-refractivity contribution >= 4 is 24.2 Å². The molecule has 2 heterocycles. The van der Waals surface area contributed by atoms with Gasteiger partial charge < -0.3 is 15.5 Å². The number of carbonyl (C=O) groups excluding carboxylic acids is 2. The normalized spacial score (nSPS) is 29.1. The highest BCUT2D eigenvalue weighted by atomic mass is 35.5. The lowest BCUT2D eigenvalue weighted by atomic mass is 9.97. The highest BCUT2D eigenvalue weighted by molar-refractivity contribution is 5.85. The predicted molar refractivity (Wildman–Crippen MR) is 113 cm³/mol. The van der Waals surface area contributed by atoms with Crippen LogP contribution in [0.2, 0.25) is 0 Å². The number of aryl methyl sites for hydroxylation is 1. The average Bonchev–Trinajstić information content (AvgIpc) is 3.28. The van der Waals surface area contributed by atoms with Gasteiger partial charge >= 0.3 is 0 Å². The third kappa shape index (κ3) is 4.69. The summed E-state index contributed by atoms with van der Waals surface area (Å²) in [5.41, 5.74) is 2.62. The lowest BCUT2D eigenvalue weighted by Crippen LogP contribution is -2.47. The molecule has 4 unspecified atom stereocenters. The third-order valence-corrected chi connectivity index (χ3v) is 6.47. The molecule has 5 nitrogen and oxygen atoms in total. The van der Waals surface area contributed by atoms with E-state index in [0.717, 1.165) is 51.7 Å². The van der Waals surface area contributed by atoms with Crippen LogP contribution in [-0.2, 0) is 9.59 Å². The lowest BCUT2D eigenvalue weighted by molar-refractivity contribution is -0.134. The summed E-state index contributed by atoms with van der Waals surface area (Å²) in [5, 5.41) is 6.34. The van der Waals surface area contributed by atoms with Crippen molar-refractivity contribution in [2.24, 2.45) is 11.8 Å². The average molecular weight is 406 g/mol. The Bertz CT molecular complexity index is 705. The summed E-state index contributed by atoms with van der Waals surface area (Å²) in [7, 11) is 0. The topological polar surface area (TPSA) is 61.4 Å². The van der Waals surface area contributed by atoms with E-state index in [2.05, 4.69) is 46.7 Å². The van der Waals surface area contributed by atoms with Crippen LogP contribution in [0.25, 0.3) is 0 Å². The molecule has 2 saturated heterocycles. The van der Waals surface area contributed by atoms with Gasteiger partial charge in [-0.3, -0.25) is 9.59 Å². The van der Waals surface area contributed by atoms with Gasteiger partial charge in [0.15, 0.2) is 0 Å². The van der Waals surface area contributed by atoms with E-state index in [4.69, 9.17) is 0 Å². The molecule has 1 saturated carbocycles. The predicted octanol–water partition coefficient (Wildman–Crippen LogP) is 2.63. The second kappa shape index (κ2) is 9.27. The molecule has 154 valence electrons. The summed E-state index contributed by atoms with van der Waals surface area (Å²) in [6, 6.07) is 8.41. The molecule has 0 aromatic heterocycles. The first-order valence-electron chi connectivity index (χ1n) is 10.5. The summed E-state index contributed by atoms with van der Waals surface area (Å²) < 4.78 is 0. The van der Waals surface area contributed by atoms with Crippen molar-refractivity contribution in [1.29, 1.82) is 0 Å². The molecule has 2 amide bonds. The molecule has 4 atom stereocenters. The number of amides is 2. The Morgan fingerprint density at radius 1 is 1.21 bits per heavy atom. The molecule has 0 radical (unpaired) electrons. The van der Waals surface area contributed by atoms with Crippen molar-refractivity contribution in [3.63, 3.8) is 0 Å². The Hall–Kier alpha value is -1.59. The Morgan fingerprint density at radius 2 is 2.04 bits per heavy atom. The Labute approximate surface area is 174 Å². The SMILES string of the molecule is Cc1ccccc1C1CC1C(=O)N1CCCC(CNC(=O)C2CCCN2)C1.Cl. The van der Waals surface area contributed by atoms with Gasteiger partial charge in [0.1, 0.15) is 0 Å². The van der Waals surface area contributed by atoms with Gasteiger partial charge in [-0.2, -0.15) is 0 Å². The van der Waals surface area contributed by atoms with Gasteiger partial charge in [0.25, 0.3) is 0 Å². The van der Waals surface area contributed by atoms with Gasteiger partial charge in [-0.1, -0.05) is 24.3 Å². The Kier molecular flexibility index (Phi) is 7.00. The maximum Gasteiger partial charge on any atom is 0.237 e. The van der Waals surface area contributed by atoms with Crippen LogP contribution in [0.1, 0.15) is 49.1 Å². The van der Waals surface area contributed by atoms with Gasteiger partial charge in [0.05, 0.1) is 6.04 Å². The van der Waals surface area contributed by atoms with Crippen LogP contribution in [0.15, 0.2) is 24.3 Å². The van der Waals surface area contributed by atoms with Crippen molar-refractivity contribution in [3.05, 3.63) is 35.4 Å². The molecular weight excluding hydrogens is 374 g/mol. The van der Waals surface area contributed by atoms with Crippen LogP contribution in [0.3, 0.4) is 0 Å². The number of nitrogens with zero attached hydrogens (tertiary/aromatic N) is 1. The fourth-order valence-corrected chi connectivity index (χ4v) is 4.76. The minimum absolute atomic E-state index is 0. The maximum atomic E-state index is 13.0. The van der Waals surface area contributed by atoms with Crippen LogP contribution >= 0.6 is 12.4 Å². The molecule has 4 rings (SSSR count). The number of hydrogen-bond donors (Lipinski definition) is 2. The summed E-state index contributed by atoms with van der Waals surface area (Å²) in [4.78, 5) is 27.2. The van der Waals surface area contributed by atoms with Gasteiger partial charge in [-0.05, 0) is 68.5 Å². The van der Waals surface area contributed by atoms with E-state index in [1.165, 1.54) is 11.1 Å². The van der Waals surface area contributed by atoms with E-state index in [1.807, 2.05) is 0 Å². The van der Waals surface area contributed by atoms with E-state index in [9.17, 15) is 9.59 Å². The Morgan fingerprint density at radius 3 is 2.79 bits per heavy atom. The first kappa shape index (κ1) is 21.1. The van der Waals surface area contributed by atoms with Crippen LogP contribution in [0.5, 0.6) is 0 Å². The van der Waals surface area contributed by atoms with E-state index in [0.29, 0.717) is 24.3 Å². The number of nitrogens with one attached hydrogen (secondary N) is 2. The zero-order chi connectivity index (χ0) is 18.8. The second-order valence-corrected chi connectivity index (χ2v) is 8.49. The molecule has 0 spiro atoms. The van der Waals surface area contributed by atoms with E-state index in [-0.39, 0.29) is 30.3 Å². The molecule has 28 heavy (non-hydrogen) atoms. The quantitative estimate of drug-likeness (QED) is 0.791. The van der Waals surface area contributed by atoms with Gasteiger partial charge in [-0.25, -0.2) is 0 Å². The number of rotatable bonds is 5. The smallest absolute Gasteiger partial charge is 0.237 e. The number of benzene rings is 1. The minimum atomic E-state index is -0.0207. The van der Waals surface area contributed by atoms with Crippen LogP contribution < -0.4 is 10.6 Å². The highest BCUT2D eigenvalue weighted by Crippen LogP contribution is 2.49. The van der Waals surface area contributed by atoms with Gasteiger partial charge in [0.2, 0.25) is 11.8 Å². The fourth-order valence-electron chi connectivity index (χ4n) is 4.76. The maximum absolute atomic E-state index is 13.0. The van der Waals surface area contributed by atoms with E-state index >= 15 is 0 Å². The summed E-state index contributed by atoms with van der Waals surface area (Å²) >= 11 is 0. The highest BCUT2D eigenvalue weighted by Gasteiger charge is 2.46. The monoisotopic (exact) mass is 405 g/mol. The minimum Gasteiger partial charge on any atom is -0.354 e. The number of piperidine rings is 1. The van der Waals surface area contributed by atoms with Crippen molar-refractivity contribution in [3.8, 4) is 0 Å². The lowest BCUT2D eigenvalue weighted by Gasteiger charge is -2.33. The summed E-state index contributed by atoms with van der Waals surface area (Å²) in [6.07, 6.45) is 5.12. The molecule has 0 bridgehead atoms. The van der Waals surface area contributed by atoms with Gasteiger partial charge in [0, 0.05) is 25.6 Å². The molecule has 3 fully saturated rings. The molecule has 1 aromatic rings.